The van der Waals surface area contributed by atoms with Gasteiger partial charge in [0.1, 0.15) is 26.2 Å². The molecule has 0 bridgehead atoms. The van der Waals surface area contributed by atoms with Gasteiger partial charge >= 0.3 is 0 Å². The summed E-state index contributed by atoms with van der Waals surface area (Å²) in [4.78, 5) is 0. The molecule has 0 N–H and O–H groups in total. The fourth-order valence-electron chi connectivity index (χ4n) is 5.91. The Morgan fingerprint density at radius 2 is 0.692 bits per heavy atom. The first kappa shape index (κ1) is 28.8. The number of rotatable bonds is 17. The van der Waals surface area contributed by atoms with Crippen LogP contribution in [-0.4, -0.2) is 4.48 Å². The molecule has 0 amide bonds. The molecule has 204 valence electrons. The molecule has 1 heteroatoms. The van der Waals surface area contributed by atoms with Gasteiger partial charge in [0.15, 0.2) is 0 Å². The van der Waals surface area contributed by atoms with Gasteiger partial charge in [-0.1, -0.05) is 167 Å². The molecule has 0 spiro atoms. The van der Waals surface area contributed by atoms with Crippen molar-refractivity contribution < 1.29 is 4.48 Å². The van der Waals surface area contributed by atoms with Crippen LogP contribution in [0.25, 0.3) is 0 Å². The molecule has 4 aromatic carbocycles. The average molecular weight is 519 g/mol. The Morgan fingerprint density at radius 3 is 1.10 bits per heavy atom. The quantitative estimate of drug-likeness (QED) is 0.0963. The molecule has 1 nitrogen and oxygen atoms in total. The van der Waals surface area contributed by atoms with E-state index in [0.717, 1.165) is 30.7 Å². The van der Waals surface area contributed by atoms with Crippen LogP contribution in [0.4, 0.5) is 0 Å². The lowest BCUT2D eigenvalue weighted by Gasteiger charge is -2.39. The van der Waals surface area contributed by atoms with Crippen LogP contribution < -0.4 is 0 Å². The first-order valence-electron chi connectivity index (χ1n) is 15.3. The Bertz CT molecular complexity index is 1060. The molecular weight excluding hydrogens is 470 g/mol. The Balaban J connectivity index is 1.47. The fourth-order valence-corrected chi connectivity index (χ4v) is 5.91. The monoisotopic (exact) mass is 518 g/mol. The zero-order valence-electron chi connectivity index (χ0n) is 24.1. The minimum atomic E-state index is 0.968. The Kier molecular flexibility index (Phi) is 11.9. The van der Waals surface area contributed by atoms with E-state index >= 15 is 0 Å². The van der Waals surface area contributed by atoms with Gasteiger partial charge in [0.05, 0.1) is 0 Å². The number of hydrogen-bond acceptors (Lipinski definition) is 0. The summed E-state index contributed by atoms with van der Waals surface area (Å²) in [5.74, 6) is 0. The Morgan fingerprint density at radius 1 is 0.359 bits per heavy atom. The second kappa shape index (κ2) is 16.1. The van der Waals surface area contributed by atoms with E-state index in [2.05, 4.69) is 122 Å². The van der Waals surface area contributed by atoms with Crippen molar-refractivity contribution in [2.75, 3.05) is 0 Å². The summed E-state index contributed by atoms with van der Waals surface area (Å²) in [5.41, 5.74) is 7.11. The zero-order valence-corrected chi connectivity index (χ0v) is 24.1. The lowest BCUT2D eigenvalue weighted by atomic mass is 10.0. The molecule has 39 heavy (non-hydrogen) atoms. The highest BCUT2D eigenvalue weighted by Crippen LogP contribution is 2.28. The molecule has 0 saturated heterocycles. The summed E-state index contributed by atoms with van der Waals surface area (Å²) in [6.45, 7) is 6.32. The van der Waals surface area contributed by atoms with Gasteiger partial charge in [0, 0.05) is 22.3 Å². The first-order chi connectivity index (χ1) is 19.2. The second-order valence-electron chi connectivity index (χ2n) is 11.5. The van der Waals surface area contributed by atoms with Gasteiger partial charge in [0.25, 0.3) is 0 Å². The lowest BCUT2D eigenvalue weighted by molar-refractivity contribution is -0.978. The minimum absolute atomic E-state index is 0.968. The number of aryl methyl sites for hydroxylation is 1. The van der Waals surface area contributed by atoms with Crippen molar-refractivity contribution in [3.63, 3.8) is 0 Å². The molecule has 0 aliphatic carbocycles. The van der Waals surface area contributed by atoms with Gasteiger partial charge in [-0.3, -0.25) is 0 Å². The summed E-state index contributed by atoms with van der Waals surface area (Å²) in [6.07, 6.45) is 12.2. The number of hydrogen-bond donors (Lipinski definition) is 0. The third-order valence-electron chi connectivity index (χ3n) is 7.94. The third kappa shape index (κ3) is 10.2. The van der Waals surface area contributed by atoms with Crippen LogP contribution in [0.3, 0.4) is 0 Å². The predicted octanol–water partition coefficient (Wildman–Crippen LogP) is 10.3. The third-order valence-corrected chi connectivity index (χ3v) is 7.94. The first-order valence-corrected chi connectivity index (χ1v) is 15.3. The predicted molar refractivity (Wildman–Crippen MR) is 167 cm³/mol. The van der Waals surface area contributed by atoms with Crippen molar-refractivity contribution in [2.24, 2.45) is 0 Å². The Hall–Kier alpha value is -3.16. The van der Waals surface area contributed by atoms with Gasteiger partial charge in [-0.2, -0.15) is 0 Å². The molecule has 0 radical (unpaired) electrons. The van der Waals surface area contributed by atoms with Gasteiger partial charge < -0.3 is 4.48 Å². The highest BCUT2D eigenvalue weighted by Gasteiger charge is 2.29. The second-order valence-corrected chi connectivity index (χ2v) is 11.5. The molecule has 0 heterocycles. The summed E-state index contributed by atoms with van der Waals surface area (Å²) in [5, 5.41) is 0. The molecule has 4 rings (SSSR count). The van der Waals surface area contributed by atoms with Crippen LogP contribution in [0.15, 0.2) is 115 Å². The summed E-state index contributed by atoms with van der Waals surface area (Å²) in [6, 6.07) is 42.7. The van der Waals surface area contributed by atoms with Gasteiger partial charge in [0.2, 0.25) is 0 Å². The molecule has 0 aromatic heterocycles. The van der Waals surface area contributed by atoms with Crippen molar-refractivity contribution in [2.45, 2.75) is 90.9 Å². The lowest BCUT2D eigenvalue weighted by Crippen LogP contribution is -2.45. The van der Waals surface area contributed by atoms with E-state index in [-0.39, 0.29) is 0 Å². The van der Waals surface area contributed by atoms with E-state index in [9.17, 15) is 0 Å². The van der Waals surface area contributed by atoms with E-state index < -0.39 is 0 Å². The van der Waals surface area contributed by atoms with Gasteiger partial charge in [-0.15, -0.1) is 0 Å². The maximum absolute atomic E-state index is 2.40. The van der Waals surface area contributed by atoms with E-state index in [0.29, 0.717) is 0 Å². The fraction of sp³-hybridized carbons (Fsp3) is 0.368. The number of nitrogens with zero attached hydrogens (tertiary/aromatic N) is 1. The van der Waals surface area contributed by atoms with Crippen LogP contribution in [0.1, 0.15) is 86.1 Å². The molecule has 0 aliphatic rings. The largest absolute Gasteiger partial charge is 0.309 e. The van der Waals surface area contributed by atoms with Crippen LogP contribution in [0.2, 0.25) is 0 Å². The molecular formula is C38H48N+. The molecule has 4 aromatic rings. The van der Waals surface area contributed by atoms with Crippen molar-refractivity contribution in [1.82, 2.24) is 0 Å². The summed E-state index contributed by atoms with van der Waals surface area (Å²) in [7, 11) is 0. The summed E-state index contributed by atoms with van der Waals surface area (Å²) >= 11 is 0. The van der Waals surface area contributed by atoms with E-state index in [1.165, 1.54) is 85.6 Å². The number of benzene rings is 4. The van der Waals surface area contributed by atoms with Crippen LogP contribution in [0.5, 0.6) is 0 Å². The Labute approximate surface area is 238 Å². The van der Waals surface area contributed by atoms with Crippen LogP contribution in [0, 0.1) is 0 Å². The van der Waals surface area contributed by atoms with Gasteiger partial charge in [-0.25, -0.2) is 0 Å². The van der Waals surface area contributed by atoms with Crippen molar-refractivity contribution >= 4 is 0 Å². The zero-order chi connectivity index (χ0) is 27.0. The maximum Gasteiger partial charge on any atom is 0.105 e. The molecule has 0 unspecified atom stereocenters. The minimum Gasteiger partial charge on any atom is -0.309 e. The molecule has 0 fully saturated rings. The topological polar surface area (TPSA) is 0 Å². The van der Waals surface area contributed by atoms with E-state index in [1.807, 2.05) is 0 Å². The van der Waals surface area contributed by atoms with Crippen molar-refractivity contribution in [1.29, 1.82) is 0 Å². The summed E-state index contributed by atoms with van der Waals surface area (Å²) < 4.78 is 0.968. The smallest absolute Gasteiger partial charge is 0.105 e. The highest BCUT2D eigenvalue weighted by molar-refractivity contribution is 5.23. The maximum atomic E-state index is 2.40. The van der Waals surface area contributed by atoms with Gasteiger partial charge in [-0.05, 0) is 18.4 Å². The molecule has 0 aliphatic heterocycles. The van der Waals surface area contributed by atoms with E-state index in [1.54, 1.807) is 0 Å². The average Bonchev–Trinajstić information content (AvgIpc) is 2.97. The molecule has 0 atom stereocenters. The van der Waals surface area contributed by atoms with E-state index in [4.69, 9.17) is 0 Å². The van der Waals surface area contributed by atoms with Crippen LogP contribution >= 0.6 is 0 Å². The standard InChI is InChI=1S/C38H48N/c1-2-3-4-5-6-7-8-12-19-34-26-28-38(29-27-34)33-39(30-35-20-13-9-14-21-35,31-36-22-15-10-16-23-36)32-37-24-17-11-18-25-37/h9-11,13-18,20-29H,2-8,12,19,30-33H2,1H3/q+1. The van der Waals surface area contributed by atoms with Crippen molar-refractivity contribution in [3.05, 3.63) is 143 Å². The SMILES string of the molecule is CCCCCCCCCCc1ccc(C[N+](Cc2ccccc2)(Cc2ccccc2)Cc2ccccc2)cc1. The number of unbranched alkanes of at least 4 members (excludes halogenated alkanes) is 7. The normalized spacial score (nSPS) is 11.5. The van der Waals surface area contributed by atoms with Crippen molar-refractivity contribution in [3.8, 4) is 0 Å². The number of quaternary nitrogens is 1. The van der Waals surface area contributed by atoms with Crippen LogP contribution in [-0.2, 0) is 32.6 Å². The highest BCUT2D eigenvalue weighted by atomic mass is 15.3. The molecule has 0 saturated carbocycles.